The second-order valence-electron chi connectivity index (χ2n) is 5.98. The summed E-state index contributed by atoms with van der Waals surface area (Å²) in [6.45, 7) is 1.95. The molecule has 1 saturated heterocycles. The van der Waals surface area contributed by atoms with Gasteiger partial charge in [0.2, 0.25) is 0 Å². The fraction of sp³-hybridized carbons (Fsp3) is 0.222. The van der Waals surface area contributed by atoms with Crippen LogP contribution < -0.4 is 14.6 Å². The first-order chi connectivity index (χ1) is 12.1. The molecule has 0 saturated carbocycles. The number of rotatable bonds is 3. The van der Waals surface area contributed by atoms with E-state index in [-0.39, 0.29) is 11.8 Å². The van der Waals surface area contributed by atoms with E-state index in [2.05, 4.69) is 10.3 Å². The summed E-state index contributed by atoms with van der Waals surface area (Å²) in [7, 11) is 1.58. The van der Waals surface area contributed by atoms with Crippen LogP contribution in [0.25, 0.3) is 0 Å². The molecule has 0 radical (unpaired) electrons. The van der Waals surface area contributed by atoms with E-state index in [1.165, 1.54) is 9.91 Å². The van der Waals surface area contributed by atoms with Crippen molar-refractivity contribution in [2.24, 2.45) is 10.3 Å². The average Bonchev–Trinajstić information content (AvgIpc) is 3.17. The number of aryl methyl sites for hydroxylation is 1. The zero-order chi connectivity index (χ0) is 17.6. The number of hydrogen-bond acceptors (Lipinski definition) is 6. The van der Waals surface area contributed by atoms with Crippen LogP contribution in [0.4, 0.5) is 11.4 Å². The molecule has 2 aromatic carbocycles. The third-order valence-corrected chi connectivity index (χ3v) is 4.41. The average molecular weight is 336 g/mol. The summed E-state index contributed by atoms with van der Waals surface area (Å²) in [6.07, 6.45) is 0. The van der Waals surface area contributed by atoms with E-state index >= 15 is 0 Å². The second-order valence-corrected chi connectivity index (χ2v) is 5.98. The topological polar surface area (TPSA) is 74.6 Å². The fourth-order valence-corrected chi connectivity index (χ4v) is 3.06. The Morgan fingerprint density at radius 1 is 0.920 bits per heavy atom. The van der Waals surface area contributed by atoms with Crippen molar-refractivity contribution in [3.63, 3.8) is 0 Å². The summed E-state index contributed by atoms with van der Waals surface area (Å²) in [5.74, 6) is 0.0322. The maximum absolute atomic E-state index is 12.9. The fourth-order valence-electron chi connectivity index (χ4n) is 3.06. The van der Waals surface area contributed by atoms with Gasteiger partial charge in [0.1, 0.15) is 5.75 Å². The summed E-state index contributed by atoms with van der Waals surface area (Å²) in [6, 6.07) is 12.8. The second kappa shape index (κ2) is 5.70. The van der Waals surface area contributed by atoms with E-state index in [1.54, 1.807) is 43.5 Å². The van der Waals surface area contributed by atoms with Crippen LogP contribution in [0, 0.1) is 6.92 Å². The van der Waals surface area contributed by atoms with Crippen molar-refractivity contribution in [1.29, 1.82) is 0 Å². The van der Waals surface area contributed by atoms with Gasteiger partial charge >= 0.3 is 0 Å². The molecule has 0 aliphatic carbocycles. The molecule has 2 atom stereocenters. The molecular weight excluding hydrogens is 320 g/mol. The highest BCUT2D eigenvalue weighted by Gasteiger charge is 2.55. The van der Waals surface area contributed by atoms with E-state index in [1.807, 2.05) is 19.1 Å². The van der Waals surface area contributed by atoms with Crippen molar-refractivity contribution in [2.75, 3.05) is 17.0 Å². The molecule has 126 valence electrons. The first-order valence-corrected chi connectivity index (χ1v) is 7.88. The number of methoxy groups -OCH3 is 1. The van der Waals surface area contributed by atoms with Crippen LogP contribution in [0.2, 0.25) is 0 Å². The van der Waals surface area contributed by atoms with Crippen LogP contribution in [-0.4, -0.2) is 31.0 Å². The number of amides is 2. The van der Waals surface area contributed by atoms with Gasteiger partial charge in [-0.15, -0.1) is 0 Å². The lowest BCUT2D eigenvalue weighted by Gasteiger charge is -2.20. The molecule has 7 heteroatoms. The SMILES string of the molecule is COc1ccc(N2N=N[C@H]3C(=O)N(c4ccc(C)cc4)C(=O)[C@H]32)cc1. The number of ether oxygens (including phenoxy) is 1. The number of carbonyl (C=O) groups excluding carboxylic acids is 2. The molecule has 2 aromatic rings. The third kappa shape index (κ3) is 2.36. The van der Waals surface area contributed by atoms with Gasteiger partial charge in [-0.2, -0.15) is 5.11 Å². The third-order valence-electron chi connectivity index (χ3n) is 4.41. The predicted molar refractivity (Wildman–Crippen MR) is 91.6 cm³/mol. The van der Waals surface area contributed by atoms with Crippen LogP contribution in [0.15, 0.2) is 58.9 Å². The predicted octanol–water partition coefficient (Wildman–Crippen LogP) is 2.50. The summed E-state index contributed by atoms with van der Waals surface area (Å²) >= 11 is 0. The Labute approximate surface area is 144 Å². The Kier molecular flexibility index (Phi) is 3.49. The van der Waals surface area contributed by atoms with E-state index in [9.17, 15) is 9.59 Å². The minimum absolute atomic E-state index is 0.320. The van der Waals surface area contributed by atoms with E-state index in [0.717, 1.165) is 5.56 Å². The molecule has 1 fully saturated rings. The molecule has 4 rings (SSSR count). The zero-order valence-corrected chi connectivity index (χ0v) is 13.8. The molecule has 0 spiro atoms. The first kappa shape index (κ1) is 15.3. The Hall–Kier alpha value is -3.22. The Morgan fingerprint density at radius 2 is 1.56 bits per heavy atom. The lowest BCUT2D eigenvalue weighted by Crippen LogP contribution is -2.39. The van der Waals surface area contributed by atoms with E-state index < -0.39 is 12.1 Å². The molecule has 2 heterocycles. The summed E-state index contributed by atoms with van der Waals surface area (Å²) in [5, 5.41) is 9.57. The molecule has 25 heavy (non-hydrogen) atoms. The van der Waals surface area contributed by atoms with Crippen LogP contribution >= 0.6 is 0 Å². The number of benzene rings is 2. The van der Waals surface area contributed by atoms with Crippen LogP contribution in [0.1, 0.15) is 5.56 Å². The highest BCUT2D eigenvalue weighted by Crippen LogP contribution is 2.35. The van der Waals surface area contributed by atoms with Gasteiger partial charge in [0, 0.05) is 0 Å². The summed E-state index contributed by atoms with van der Waals surface area (Å²) < 4.78 is 5.14. The molecule has 0 N–H and O–H groups in total. The van der Waals surface area contributed by atoms with E-state index in [4.69, 9.17) is 4.74 Å². The molecular formula is C18H16N4O3. The van der Waals surface area contributed by atoms with Crippen LogP contribution in [-0.2, 0) is 9.59 Å². The normalized spacial score (nSPS) is 21.8. The smallest absolute Gasteiger partial charge is 0.263 e. The van der Waals surface area contributed by atoms with Gasteiger partial charge in [-0.05, 0) is 43.3 Å². The lowest BCUT2D eigenvalue weighted by molar-refractivity contribution is -0.121. The van der Waals surface area contributed by atoms with Gasteiger partial charge in [0.05, 0.1) is 18.5 Å². The summed E-state index contributed by atoms with van der Waals surface area (Å²) in [5.41, 5.74) is 2.30. The monoisotopic (exact) mass is 336 g/mol. The van der Waals surface area contributed by atoms with Gasteiger partial charge in [0.15, 0.2) is 12.1 Å². The van der Waals surface area contributed by atoms with Crippen molar-refractivity contribution in [3.8, 4) is 5.75 Å². The standard InChI is InChI=1S/C18H16N4O3/c1-11-3-5-12(6-4-11)21-17(23)15-16(18(21)24)22(20-19-15)13-7-9-14(25-2)10-8-13/h3-10,15-16H,1-2H3/t15-,16+/m1/s1. The van der Waals surface area contributed by atoms with Crippen LogP contribution in [0.5, 0.6) is 5.75 Å². The number of imide groups is 1. The minimum atomic E-state index is -0.809. The molecule has 0 unspecified atom stereocenters. The zero-order valence-electron chi connectivity index (χ0n) is 13.8. The Morgan fingerprint density at radius 3 is 2.20 bits per heavy atom. The molecule has 7 nitrogen and oxygen atoms in total. The molecule has 2 aliphatic heterocycles. The van der Waals surface area contributed by atoms with Gasteiger partial charge in [-0.3, -0.25) is 9.59 Å². The Balaban J connectivity index is 1.66. The molecule has 2 amide bonds. The largest absolute Gasteiger partial charge is 0.497 e. The van der Waals surface area contributed by atoms with Crippen molar-refractivity contribution in [2.45, 2.75) is 19.0 Å². The first-order valence-electron chi connectivity index (χ1n) is 7.88. The van der Waals surface area contributed by atoms with Crippen molar-refractivity contribution >= 4 is 23.2 Å². The summed E-state index contributed by atoms with van der Waals surface area (Å²) in [4.78, 5) is 26.8. The van der Waals surface area contributed by atoms with Crippen LogP contribution in [0.3, 0.4) is 0 Å². The van der Waals surface area contributed by atoms with E-state index in [0.29, 0.717) is 17.1 Å². The lowest BCUT2D eigenvalue weighted by atomic mass is 10.1. The van der Waals surface area contributed by atoms with Gasteiger partial charge < -0.3 is 4.74 Å². The number of nitrogens with zero attached hydrogens (tertiary/aromatic N) is 4. The number of carbonyl (C=O) groups is 2. The minimum Gasteiger partial charge on any atom is -0.497 e. The molecule has 0 bridgehead atoms. The van der Waals surface area contributed by atoms with Gasteiger partial charge in [-0.1, -0.05) is 22.9 Å². The maximum atomic E-state index is 12.9. The number of hydrogen-bond donors (Lipinski definition) is 0. The highest BCUT2D eigenvalue weighted by molar-refractivity contribution is 6.26. The van der Waals surface area contributed by atoms with Crippen molar-refractivity contribution < 1.29 is 14.3 Å². The molecule has 2 aliphatic rings. The quantitative estimate of drug-likeness (QED) is 0.807. The van der Waals surface area contributed by atoms with Gasteiger partial charge in [0.25, 0.3) is 11.8 Å². The van der Waals surface area contributed by atoms with Crippen molar-refractivity contribution in [1.82, 2.24) is 0 Å². The maximum Gasteiger partial charge on any atom is 0.263 e. The molecule has 0 aromatic heterocycles. The number of anilines is 2. The number of fused-ring (bicyclic) bond motifs is 1. The van der Waals surface area contributed by atoms with Gasteiger partial charge in [-0.25, -0.2) is 9.91 Å². The Bertz CT molecular complexity index is 861. The van der Waals surface area contributed by atoms with Crippen molar-refractivity contribution in [3.05, 3.63) is 54.1 Å². The highest BCUT2D eigenvalue weighted by atomic mass is 16.5.